The molecule has 60 valence electrons. The Morgan fingerprint density at radius 3 is 3.36 bits per heavy atom. The Morgan fingerprint density at radius 2 is 2.73 bits per heavy atom. The summed E-state index contributed by atoms with van der Waals surface area (Å²) in [6.45, 7) is 1.98. The molecule has 0 spiro atoms. The second-order valence-electron chi connectivity index (χ2n) is 2.44. The van der Waals surface area contributed by atoms with Crippen molar-refractivity contribution in [1.82, 2.24) is 15.5 Å². The van der Waals surface area contributed by atoms with Gasteiger partial charge in [0.15, 0.2) is 0 Å². The molecule has 1 unspecified atom stereocenters. The normalized spacial score (nSPS) is 23.8. The second kappa shape index (κ2) is 3.15. The van der Waals surface area contributed by atoms with Gasteiger partial charge in [0.25, 0.3) is 5.19 Å². The summed E-state index contributed by atoms with van der Waals surface area (Å²) in [5.74, 6) is 0. The summed E-state index contributed by atoms with van der Waals surface area (Å²) >= 11 is 1.44. The SMILES string of the molecule is c1nnc(OC2CCNC2)s1. The number of ether oxygens (including phenoxy) is 1. The monoisotopic (exact) mass is 171 g/mol. The van der Waals surface area contributed by atoms with Crippen LogP contribution in [0.2, 0.25) is 0 Å². The highest BCUT2D eigenvalue weighted by Gasteiger charge is 2.16. The maximum atomic E-state index is 5.50. The maximum absolute atomic E-state index is 5.50. The molecule has 0 amide bonds. The van der Waals surface area contributed by atoms with Crippen LogP contribution in [0.15, 0.2) is 5.51 Å². The molecule has 1 aromatic rings. The van der Waals surface area contributed by atoms with Gasteiger partial charge in [0, 0.05) is 6.54 Å². The zero-order chi connectivity index (χ0) is 7.52. The molecule has 1 aromatic heterocycles. The van der Waals surface area contributed by atoms with Crippen molar-refractivity contribution in [1.29, 1.82) is 0 Å². The van der Waals surface area contributed by atoms with Gasteiger partial charge in [-0.1, -0.05) is 11.3 Å². The molecule has 1 fully saturated rings. The Labute approximate surface area is 68.6 Å². The largest absolute Gasteiger partial charge is 0.464 e. The quantitative estimate of drug-likeness (QED) is 0.694. The molecule has 2 rings (SSSR count). The molecule has 0 saturated carbocycles. The van der Waals surface area contributed by atoms with Gasteiger partial charge in [-0.15, -0.1) is 10.2 Å². The van der Waals surface area contributed by atoms with Crippen LogP contribution in [0.3, 0.4) is 0 Å². The first kappa shape index (κ1) is 7.00. The van der Waals surface area contributed by atoms with Gasteiger partial charge in [0.2, 0.25) is 0 Å². The Hall–Kier alpha value is -0.680. The van der Waals surface area contributed by atoms with Gasteiger partial charge >= 0.3 is 0 Å². The molecule has 0 aromatic carbocycles. The first-order valence-electron chi connectivity index (χ1n) is 3.59. The van der Waals surface area contributed by atoms with Crippen molar-refractivity contribution >= 4 is 11.3 Å². The maximum Gasteiger partial charge on any atom is 0.294 e. The summed E-state index contributed by atoms with van der Waals surface area (Å²) in [7, 11) is 0. The van der Waals surface area contributed by atoms with Crippen LogP contribution < -0.4 is 10.1 Å². The van der Waals surface area contributed by atoms with Crippen molar-refractivity contribution in [2.75, 3.05) is 13.1 Å². The fourth-order valence-corrected chi connectivity index (χ4v) is 1.56. The third-order valence-electron chi connectivity index (χ3n) is 1.62. The van der Waals surface area contributed by atoms with Crippen LogP contribution in [0.4, 0.5) is 0 Å². The number of aromatic nitrogens is 2. The molecule has 1 N–H and O–H groups in total. The second-order valence-corrected chi connectivity index (χ2v) is 3.23. The van der Waals surface area contributed by atoms with Crippen LogP contribution in [0.25, 0.3) is 0 Å². The van der Waals surface area contributed by atoms with E-state index in [9.17, 15) is 0 Å². The average molecular weight is 171 g/mol. The first-order valence-corrected chi connectivity index (χ1v) is 4.46. The minimum Gasteiger partial charge on any atom is -0.464 e. The molecule has 1 aliphatic heterocycles. The van der Waals surface area contributed by atoms with Gasteiger partial charge in [0.1, 0.15) is 11.6 Å². The van der Waals surface area contributed by atoms with Gasteiger partial charge in [-0.25, -0.2) is 0 Å². The number of nitrogens with one attached hydrogen (secondary N) is 1. The fraction of sp³-hybridized carbons (Fsp3) is 0.667. The summed E-state index contributed by atoms with van der Waals surface area (Å²) < 4.78 is 5.50. The molecule has 4 nitrogen and oxygen atoms in total. The summed E-state index contributed by atoms with van der Waals surface area (Å²) in [6.07, 6.45) is 1.36. The van der Waals surface area contributed by atoms with Gasteiger partial charge in [-0.2, -0.15) is 0 Å². The zero-order valence-corrected chi connectivity index (χ0v) is 6.80. The molecule has 5 heteroatoms. The molecular weight excluding hydrogens is 162 g/mol. The van der Waals surface area contributed by atoms with Crippen molar-refractivity contribution in [2.45, 2.75) is 12.5 Å². The van der Waals surface area contributed by atoms with E-state index in [1.54, 1.807) is 5.51 Å². The number of hydrogen-bond donors (Lipinski definition) is 1. The lowest BCUT2D eigenvalue weighted by molar-refractivity contribution is 0.220. The minimum absolute atomic E-state index is 0.294. The van der Waals surface area contributed by atoms with E-state index >= 15 is 0 Å². The molecule has 1 saturated heterocycles. The summed E-state index contributed by atoms with van der Waals surface area (Å²) in [6, 6.07) is 0. The van der Waals surface area contributed by atoms with Crippen LogP contribution >= 0.6 is 11.3 Å². The summed E-state index contributed by atoms with van der Waals surface area (Å²) in [5, 5.41) is 11.4. The highest BCUT2D eigenvalue weighted by molar-refractivity contribution is 7.11. The standard InChI is InChI=1S/C6H9N3OS/c1-2-7-3-5(1)10-6-9-8-4-11-6/h4-5,7H,1-3H2. The Balaban J connectivity index is 1.90. The number of nitrogens with zero attached hydrogens (tertiary/aromatic N) is 2. The number of rotatable bonds is 2. The predicted molar refractivity (Wildman–Crippen MR) is 41.8 cm³/mol. The Bertz CT molecular complexity index is 208. The third-order valence-corrected chi connectivity index (χ3v) is 2.20. The smallest absolute Gasteiger partial charge is 0.294 e. The lowest BCUT2D eigenvalue weighted by Crippen LogP contribution is -2.19. The third kappa shape index (κ3) is 1.66. The predicted octanol–water partition coefficient (Wildman–Crippen LogP) is 0.279. The molecule has 0 bridgehead atoms. The molecule has 0 radical (unpaired) electrons. The van der Waals surface area contributed by atoms with Crippen molar-refractivity contribution in [3.63, 3.8) is 0 Å². The molecule has 11 heavy (non-hydrogen) atoms. The number of hydrogen-bond acceptors (Lipinski definition) is 5. The van der Waals surface area contributed by atoms with Crippen molar-refractivity contribution in [3.8, 4) is 5.19 Å². The Morgan fingerprint density at radius 1 is 1.73 bits per heavy atom. The lowest BCUT2D eigenvalue weighted by Gasteiger charge is -2.06. The average Bonchev–Trinajstić information content (AvgIpc) is 2.60. The van der Waals surface area contributed by atoms with Gasteiger partial charge in [0.05, 0.1) is 0 Å². The van der Waals surface area contributed by atoms with Gasteiger partial charge < -0.3 is 10.1 Å². The summed E-state index contributed by atoms with van der Waals surface area (Å²) in [5.41, 5.74) is 1.68. The van der Waals surface area contributed by atoms with Gasteiger partial charge in [-0.05, 0) is 13.0 Å². The van der Waals surface area contributed by atoms with Crippen LogP contribution in [-0.2, 0) is 0 Å². The molecule has 1 atom stereocenters. The van der Waals surface area contributed by atoms with E-state index in [0.717, 1.165) is 19.5 Å². The molecule has 2 heterocycles. The van der Waals surface area contributed by atoms with Crippen LogP contribution in [0.1, 0.15) is 6.42 Å². The highest BCUT2D eigenvalue weighted by atomic mass is 32.1. The highest BCUT2D eigenvalue weighted by Crippen LogP contribution is 2.15. The van der Waals surface area contributed by atoms with Crippen LogP contribution in [0, 0.1) is 0 Å². The molecule has 1 aliphatic rings. The van der Waals surface area contributed by atoms with E-state index in [4.69, 9.17) is 4.74 Å². The lowest BCUT2D eigenvalue weighted by atomic mass is 10.3. The van der Waals surface area contributed by atoms with Crippen LogP contribution in [-0.4, -0.2) is 29.4 Å². The zero-order valence-electron chi connectivity index (χ0n) is 5.99. The van der Waals surface area contributed by atoms with Crippen LogP contribution in [0.5, 0.6) is 5.19 Å². The van der Waals surface area contributed by atoms with E-state index < -0.39 is 0 Å². The topological polar surface area (TPSA) is 47.0 Å². The van der Waals surface area contributed by atoms with E-state index in [-0.39, 0.29) is 0 Å². The minimum atomic E-state index is 0.294. The first-order chi connectivity index (χ1) is 5.45. The van der Waals surface area contributed by atoms with E-state index in [0.29, 0.717) is 11.3 Å². The van der Waals surface area contributed by atoms with Gasteiger partial charge in [-0.3, -0.25) is 0 Å². The molecule has 0 aliphatic carbocycles. The fourth-order valence-electron chi connectivity index (χ4n) is 1.09. The van der Waals surface area contributed by atoms with E-state index in [2.05, 4.69) is 15.5 Å². The molecular formula is C6H9N3OS. The van der Waals surface area contributed by atoms with E-state index in [1.165, 1.54) is 11.3 Å². The Kier molecular flexibility index (Phi) is 2.00. The van der Waals surface area contributed by atoms with Crippen molar-refractivity contribution in [2.24, 2.45) is 0 Å². The van der Waals surface area contributed by atoms with Crippen molar-refractivity contribution in [3.05, 3.63) is 5.51 Å². The van der Waals surface area contributed by atoms with Crippen molar-refractivity contribution < 1.29 is 4.74 Å². The van der Waals surface area contributed by atoms with E-state index in [1.807, 2.05) is 0 Å². The summed E-state index contributed by atoms with van der Waals surface area (Å²) in [4.78, 5) is 0.